The molecule has 0 aromatic heterocycles. The molecule has 1 rings (SSSR count). The van der Waals surface area contributed by atoms with Crippen molar-refractivity contribution < 1.29 is 18.7 Å². The second-order valence-corrected chi connectivity index (χ2v) is 3.65. The van der Waals surface area contributed by atoms with Gasteiger partial charge < -0.3 is 10.5 Å². The monoisotopic (exact) mass is 262 g/mol. The number of Topliss-reactive ketones (excluding diaryl/α,β-unsaturated/α-hetero) is 1. The molecule has 0 aliphatic rings. The van der Waals surface area contributed by atoms with E-state index in [1.54, 1.807) is 6.07 Å². The third kappa shape index (κ3) is 3.64. The number of hydrogen-bond donors (Lipinski definition) is 1. The molecule has 0 aliphatic carbocycles. The van der Waals surface area contributed by atoms with Gasteiger partial charge in [0.05, 0.1) is 5.56 Å². The Bertz CT molecular complexity index is 584. The van der Waals surface area contributed by atoms with Crippen LogP contribution >= 0.6 is 0 Å². The number of nitrogens with zero attached hydrogens (tertiary/aromatic N) is 1. The number of ether oxygens (including phenoxy) is 1. The van der Waals surface area contributed by atoms with Crippen molar-refractivity contribution in [2.24, 2.45) is 5.73 Å². The second kappa shape index (κ2) is 6.31. The normalized spacial score (nSPS) is 11.2. The van der Waals surface area contributed by atoms with Crippen molar-refractivity contribution in [2.75, 3.05) is 6.61 Å². The first-order valence-electron chi connectivity index (χ1n) is 5.28. The van der Waals surface area contributed by atoms with Crippen LogP contribution in [-0.2, 0) is 9.53 Å². The largest absolute Gasteiger partial charge is 0.454 e. The van der Waals surface area contributed by atoms with Crippen LogP contribution in [0.3, 0.4) is 0 Å². The summed E-state index contributed by atoms with van der Waals surface area (Å²) in [5.41, 5.74) is 4.81. The van der Waals surface area contributed by atoms with Gasteiger partial charge in [0, 0.05) is 5.70 Å². The van der Waals surface area contributed by atoms with E-state index in [9.17, 15) is 14.0 Å². The third-order valence-electron chi connectivity index (χ3n) is 2.21. The number of halogens is 1. The molecule has 5 nitrogen and oxygen atoms in total. The van der Waals surface area contributed by atoms with Crippen LogP contribution in [-0.4, -0.2) is 18.4 Å². The van der Waals surface area contributed by atoms with Gasteiger partial charge >= 0.3 is 5.97 Å². The van der Waals surface area contributed by atoms with Crippen LogP contribution in [0.4, 0.5) is 4.39 Å². The molecule has 0 atom stereocenters. The smallest absolute Gasteiger partial charge is 0.341 e. The van der Waals surface area contributed by atoms with E-state index in [1.807, 2.05) is 0 Å². The van der Waals surface area contributed by atoms with Crippen LogP contribution in [0.25, 0.3) is 0 Å². The van der Waals surface area contributed by atoms with E-state index in [0.29, 0.717) is 0 Å². The van der Waals surface area contributed by atoms with Gasteiger partial charge in [0.15, 0.2) is 6.61 Å². The minimum absolute atomic E-state index is 0.0365. The van der Waals surface area contributed by atoms with Crippen LogP contribution in [0.1, 0.15) is 17.3 Å². The maximum Gasteiger partial charge on any atom is 0.341 e. The highest BCUT2D eigenvalue weighted by molar-refractivity contribution is 6.02. The summed E-state index contributed by atoms with van der Waals surface area (Å²) in [5.74, 6) is -2.45. The zero-order valence-electron chi connectivity index (χ0n) is 10.1. The van der Waals surface area contributed by atoms with E-state index in [-0.39, 0.29) is 16.8 Å². The van der Waals surface area contributed by atoms with Gasteiger partial charge in [-0.1, -0.05) is 12.1 Å². The number of allylic oxidation sites excluding steroid dienone is 1. The van der Waals surface area contributed by atoms with Crippen molar-refractivity contribution in [1.82, 2.24) is 0 Å². The molecule has 0 amide bonds. The number of benzene rings is 1. The Morgan fingerprint density at radius 2 is 2.05 bits per heavy atom. The molecule has 0 radical (unpaired) electrons. The lowest BCUT2D eigenvalue weighted by Gasteiger charge is -2.05. The van der Waals surface area contributed by atoms with Gasteiger partial charge in [-0.3, -0.25) is 4.79 Å². The molecule has 1 aromatic carbocycles. The third-order valence-corrected chi connectivity index (χ3v) is 2.21. The Labute approximate surface area is 109 Å². The molecular weight excluding hydrogens is 251 g/mol. The lowest BCUT2D eigenvalue weighted by Crippen LogP contribution is -2.18. The van der Waals surface area contributed by atoms with Crippen molar-refractivity contribution in [3.05, 3.63) is 46.9 Å². The molecule has 0 heterocycles. The molecule has 0 saturated heterocycles. The SMILES string of the molecule is C/C(N)=C(\C#N)C(=O)COC(=O)c1ccccc1F. The van der Waals surface area contributed by atoms with Gasteiger partial charge in [-0.05, 0) is 19.1 Å². The van der Waals surface area contributed by atoms with Crippen molar-refractivity contribution in [3.8, 4) is 6.07 Å². The summed E-state index contributed by atoms with van der Waals surface area (Å²) in [5, 5.41) is 8.68. The van der Waals surface area contributed by atoms with Gasteiger partial charge in [-0.25, -0.2) is 9.18 Å². The molecule has 0 unspecified atom stereocenters. The summed E-state index contributed by atoms with van der Waals surface area (Å²) in [6, 6.07) is 6.84. The van der Waals surface area contributed by atoms with Crippen molar-refractivity contribution >= 4 is 11.8 Å². The van der Waals surface area contributed by atoms with Gasteiger partial charge in [0.2, 0.25) is 5.78 Å². The van der Waals surface area contributed by atoms with Gasteiger partial charge in [-0.2, -0.15) is 5.26 Å². The highest BCUT2D eigenvalue weighted by Gasteiger charge is 2.17. The maximum atomic E-state index is 13.3. The van der Waals surface area contributed by atoms with E-state index in [0.717, 1.165) is 6.07 Å². The average Bonchev–Trinajstić information content (AvgIpc) is 2.37. The molecular formula is C13H11FN2O3. The van der Waals surface area contributed by atoms with Crippen LogP contribution in [0.2, 0.25) is 0 Å². The molecule has 1 aromatic rings. The highest BCUT2D eigenvalue weighted by Crippen LogP contribution is 2.08. The summed E-state index contributed by atoms with van der Waals surface area (Å²) in [6.07, 6.45) is 0. The fourth-order valence-electron chi connectivity index (χ4n) is 1.28. The fourth-order valence-corrected chi connectivity index (χ4v) is 1.28. The van der Waals surface area contributed by atoms with Crippen LogP contribution in [0.5, 0.6) is 0 Å². The molecule has 6 heteroatoms. The molecule has 0 bridgehead atoms. The first kappa shape index (κ1) is 14.4. The predicted molar refractivity (Wildman–Crippen MR) is 64.2 cm³/mol. The summed E-state index contributed by atoms with van der Waals surface area (Å²) < 4.78 is 17.9. The summed E-state index contributed by atoms with van der Waals surface area (Å²) in [7, 11) is 0. The number of ketones is 1. The van der Waals surface area contributed by atoms with Gasteiger partial charge in [-0.15, -0.1) is 0 Å². The average molecular weight is 262 g/mol. The number of nitriles is 1. The molecule has 0 saturated carbocycles. The quantitative estimate of drug-likeness (QED) is 0.501. The van der Waals surface area contributed by atoms with E-state index >= 15 is 0 Å². The predicted octanol–water partition coefficient (Wildman–Crippen LogP) is 1.31. The minimum atomic E-state index is -0.974. The Kier molecular flexibility index (Phi) is 4.77. The van der Waals surface area contributed by atoms with E-state index in [2.05, 4.69) is 4.74 Å². The van der Waals surface area contributed by atoms with E-state index in [4.69, 9.17) is 11.0 Å². The lowest BCUT2D eigenvalue weighted by atomic mass is 10.1. The number of carbonyl (C=O) groups is 2. The molecule has 2 N–H and O–H groups in total. The Morgan fingerprint density at radius 1 is 1.42 bits per heavy atom. The summed E-state index contributed by atoms with van der Waals surface area (Å²) in [4.78, 5) is 23.0. The number of esters is 1. The number of rotatable bonds is 4. The minimum Gasteiger partial charge on any atom is -0.454 e. The van der Waals surface area contributed by atoms with Crippen molar-refractivity contribution in [2.45, 2.75) is 6.92 Å². The Hall–Kier alpha value is -2.68. The topological polar surface area (TPSA) is 93.2 Å². The Morgan fingerprint density at radius 3 is 2.58 bits per heavy atom. The fraction of sp³-hybridized carbons (Fsp3) is 0.154. The maximum absolute atomic E-state index is 13.3. The molecule has 0 aliphatic heterocycles. The van der Waals surface area contributed by atoms with Crippen molar-refractivity contribution in [1.29, 1.82) is 5.26 Å². The van der Waals surface area contributed by atoms with Crippen LogP contribution in [0.15, 0.2) is 35.5 Å². The van der Waals surface area contributed by atoms with Crippen LogP contribution < -0.4 is 5.73 Å². The molecule has 0 spiro atoms. The zero-order chi connectivity index (χ0) is 14.4. The standard InChI is InChI=1S/C13H11FN2O3/c1-8(16)10(6-15)12(17)7-19-13(18)9-4-2-3-5-11(9)14/h2-5H,7,16H2,1H3/b10-8-. The second-order valence-electron chi connectivity index (χ2n) is 3.65. The van der Waals surface area contributed by atoms with Crippen molar-refractivity contribution in [3.63, 3.8) is 0 Å². The van der Waals surface area contributed by atoms with E-state index < -0.39 is 24.2 Å². The first-order valence-corrected chi connectivity index (χ1v) is 5.28. The van der Waals surface area contributed by atoms with Gasteiger partial charge in [0.25, 0.3) is 0 Å². The molecule has 0 fully saturated rings. The number of hydrogen-bond acceptors (Lipinski definition) is 5. The lowest BCUT2D eigenvalue weighted by molar-refractivity contribution is -0.118. The van der Waals surface area contributed by atoms with E-state index in [1.165, 1.54) is 25.1 Å². The Balaban J connectivity index is 2.72. The summed E-state index contributed by atoms with van der Waals surface area (Å²) in [6.45, 7) is 0.722. The number of nitrogens with two attached hydrogens (primary N) is 1. The van der Waals surface area contributed by atoms with Gasteiger partial charge in [0.1, 0.15) is 17.5 Å². The zero-order valence-corrected chi connectivity index (χ0v) is 10.1. The molecule has 19 heavy (non-hydrogen) atoms. The summed E-state index contributed by atoms with van der Waals surface area (Å²) >= 11 is 0. The number of carbonyl (C=O) groups excluding carboxylic acids is 2. The van der Waals surface area contributed by atoms with Crippen LogP contribution in [0, 0.1) is 17.1 Å². The molecule has 98 valence electrons. The first-order chi connectivity index (χ1) is 8.97. The highest BCUT2D eigenvalue weighted by atomic mass is 19.1.